The molecule has 2 aromatic rings. The molecule has 1 atom stereocenters. The molecule has 0 saturated carbocycles. The fourth-order valence-corrected chi connectivity index (χ4v) is 2.17. The van der Waals surface area contributed by atoms with Crippen molar-refractivity contribution in [2.24, 2.45) is 14.1 Å². The topological polar surface area (TPSA) is 47.2 Å². The summed E-state index contributed by atoms with van der Waals surface area (Å²) in [5.41, 5.74) is 2.60. The number of aliphatic hydroxyl groups excluding tert-OH is 1. The summed E-state index contributed by atoms with van der Waals surface area (Å²) < 4.78 is 3.23. The van der Waals surface area contributed by atoms with Crippen LogP contribution in [0, 0.1) is 0 Å². The van der Waals surface area contributed by atoms with Gasteiger partial charge in [0.05, 0.1) is 17.1 Å². The molecule has 4 heteroatoms. The molecule has 17 heavy (non-hydrogen) atoms. The summed E-state index contributed by atoms with van der Waals surface area (Å²) in [6.07, 6.45) is 1.24. The number of nitrogens with zero attached hydrogens (tertiary/aromatic N) is 2. The Bertz CT molecular complexity index is 595. The summed E-state index contributed by atoms with van der Waals surface area (Å²) in [7, 11) is 3.51. The molecule has 0 bridgehead atoms. The first-order valence-electron chi connectivity index (χ1n) is 5.89. The smallest absolute Gasteiger partial charge is 0.328 e. The van der Waals surface area contributed by atoms with Crippen LogP contribution in [-0.4, -0.2) is 14.2 Å². The van der Waals surface area contributed by atoms with Gasteiger partial charge in [-0.3, -0.25) is 9.13 Å². The number of benzene rings is 1. The van der Waals surface area contributed by atoms with Crippen LogP contribution in [0.3, 0.4) is 0 Å². The second-order valence-corrected chi connectivity index (χ2v) is 4.45. The lowest BCUT2D eigenvalue weighted by molar-refractivity contribution is 0.166. The molecule has 0 aliphatic carbocycles. The summed E-state index contributed by atoms with van der Waals surface area (Å²) in [4.78, 5) is 11.8. The van der Waals surface area contributed by atoms with Gasteiger partial charge in [0.15, 0.2) is 0 Å². The molecule has 0 aliphatic heterocycles. The maximum atomic E-state index is 11.8. The predicted molar refractivity (Wildman–Crippen MR) is 68.0 cm³/mol. The third kappa shape index (κ3) is 1.89. The van der Waals surface area contributed by atoms with E-state index in [0.717, 1.165) is 29.4 Å². The van der Waals surface area contributed by atoms with E-state index in [0.29, 0.717) is 0 Å². The highest BCUT2D eigenvalue weighted by molar-refractivity contribution is 5.76. The molecule has 0 radical (unpaired) electrons. The maximum Gasteiger partial charge on any atom is 0.328 e. The number of hydrogen-bond acceptors (Lipinski definition) is 2. The van der Waals surface area contributed by atoms with E-state index in [-0.39, 0.29) is 5.69 Å². The van der Waals surface area contributed by atoms with Crippen molar-refractivity contribution >= 4 is 11.0 Å². The predicted octanol–water partition coefficient (Wildman–Crippen LogP) is 1.71. The van der Waals surface area contributed by atoms with Gasteiger partial charge >= 0.3 is 5.69 Å². The molecule has 92 valence electrons. The van der Waals surface area contributed by atoms with Crippen LogP contribution in [0.2, 0.25) is 0 Å². The van der Waals surface area contributed by atoms with Crippen LogP contribution < -0.4 is 5.69 Å². The number of aryl methyl sites for hydroxylation is 2. The lowest BCUT2D eigenvalue weighted by Gasteiger charge is -2.09. The number of aliphatic hydroxyl groups is 1. The number of aromatic nitrogens is 2. The lowest BCUT2D eigenvalue weighted by Crippen LogP contribution is -2.19. The standard InChI is InChI=1S/C13H18N2O2/c1-4-5-12(16)9-6-7-10-11(8-9)15(3)13(17)14(10)2/h6-8,12,16H,4-5H2,1-3H3. The van der Waals surface area contributed by atoms with Crippen LogP contribution in [0.5, 0.6) is 0 Å². The van der Waals surface area contributed by atoms with Gasteiger partial charge in [-0.15, -0.1) is 0 Å². The molecular formula is C13H18N2O2. The Labute approximate surface area is 100 Å². The fraction of sp³-hybridized carbons (Fsp3) is 0.462. The summed E-state index contributed by atoms with van der Waals surface area (Å²) in [5, 5.41) is 9.95. The van der Waals surface area contributed by atoms with E-state index < -0.39 is 6.10 Å². The van der Waals surface area contributed by atoms with Crippen LogP contribution in [0.1, 0.15) is 31.4 Å². The van der Waals surface area contributed by atoms with Crippen molar-refractivity contribution in [3.63, 3.8) is 0 Å². The first-order valence-corrected chi connectivity index (χ1v) is 5.89. The van der Waals surface area contributed by atoms with E-state index in [9.17, 15) is 9.90 Å². The van der Waals surface area contributed by atoms with Gasteiger partial charge in [0, 0.05) is 14.1 Å². The SMILES string of the molecule is CCCC(O)c1ccc2c(c1)n(C)c(=O)n2C. The summed E-state index contributed by atoms with van der Waals surface area (Å²) >= 11 is 0. The average Bonchev–Trinajstić information content (AvgIpc) is 2.55. The Balaban J connectivity index is 2.58. The van der Waals surface area contributed by atoms with Crippen LogP contribution in [0.4, 0.5) is 0 Å². The zero-order valence-corrected chi connectivity index (χ0v) is 10.5. The molecule has 1 unspecified atom stereocenters. The van der Waals surface area contributed by atoms with Gasteiger partial charge in [0.1, 0.15) is 0 Å². The summed E-state index contributed by atoms with van der Waals surface area (Å²) in [6.45, 7) is 2.04. The summed E-state index contributed by atoms with van der Waals surface area (Å²) in [5.74, 6) is 0. The normalized spacial score (nSPS) is 13.2. The van der Waals surface area contributed by atoms with Gasteiger partial charge in [0.2, 0.25) is 0 Å². The molecule has 0 aliphatic rings. The van der Waals surface area contributed by atoms with Gasteiger partial charge in [-0.2, -0.15) is 0 Å². The second kappa shape index (κ2) is 4.37. The Kier molecular flexibility index (Phi) is 3.07. The van der Waals surface area contributed by atoms with Crippen LogP contribution in [-0.2, 0) is 14.1 Å². The highest BCUT2D eigenvalue weighted by Crippen LogP contribution is 2.22. The van der Waals surface area contributed by atoms with Crippen LogP contribution in [0.15, 0.2) is 23.0 Å². The fourth-order valence-electron chi connectivity index (χ4n) is 2.17. The monoisotopic (exact) mass is 234 g/mol. The van der Waals surface area contributed by atoms with E-state index in [2.05, 4.69) is 0 Å². The largest absolute Gasteiger partial charge is 0.388 e. The minimum absolute atomic E-state index is 0.0397. The first kappa shape index (κ1) is 11.9. The lowest BCUT2D eigenvalue weighted by atomic mass is 10.0. The molecule has 1 aromatic carbocycles. The highest BCUT2D eigenvalue weighted by atomic mass is 16.3. The summed E-state index contributed by atoms with van der Waals surface area (Å²) in [6, 6.07) is 5.68. The van der Waals surface area contributed by atoms with Gasteiger partial charge in [-0.25, -0.2) is 4.79 Å². The van der Waals surface area contributed by atoms with Gasteiger partial charge in [0.25, 0.3) is 0 Å². The molecule has 1 N–H and O–H groups in total. The van der Waals surface area contributed by atoms with Gasteiger partial charge in [-0.05, 0) is 24.1 Å². The molecule has 0 amide bonds. The maximum absolute atomic E-state index is 11.8. The molecule has 2 rings (SSSR count). The minimum atomic E-state index is -0.445. The molecule has 1 heterocycles. The quantitative estimate of drug-likeness (QED) is 0.878. The third-order valence-electron chi connectivity index (χ3n) is 3.24. The third-order valence-corrected chi connectivity index (χ3v) is 3.24. The number of imidazole rings is 1. The van der Waals surface area contributed by atoms with Crippen molar-refractivity contribution in [3.05, 3.63) is 34.2 Å². The van der Waals surface area contributed by atoms with Crippen molar-refractivity contribution in [1.29, 1.82) is 0 Å². The minimum Gasteiger partial charge on any atom is -0.388 e. The average molecular weight is 234 g/mol. The van der Waals surface area contributed by atoms with E-state index in [1.165, 1.54) is 0 Å². The Morgan fingerprint density at radius 3 is 2.53 bits per heavy atom. The Morgan fingerprint density at radius 2 is 1.88 bits per heavy atom. The molecule has 0 fully saturated rings. The molecule has 4 nitrogen and oxygen atoms in total. The highest BCUT2D eigenvalue weighted by Gasteiger charge is 2.11. The van der Waals surface area contributed by atoms with Crippen LogP contribution in [0.25, 0.3) is 11.0 Å². The van der Waals surface area contributed by atoms with Crippen molar-refractivity contribution in [2.75, 3.05) is 0 Å². The molecule has 1 aromatic heterocycles. The van der Waals surface area contributed by atoms with Gasteiger partial charge in [-0.1, -0.05) is 19.4 Å². The Morgan fingerprint density at radius 1 is 1.24 bits per heavy atom. The number of rotatable bonds is 3. The van der Waals surface area contributed by atoms with Gasteiger partial charge < -0.3 is 5.11 Å². The van der Waals surface area contributed by atoms with Crippen molar-refractivity contribution in [2.45, 2.75) is 25.9 Å². The van der Waals surface area contributed by atoms with E-state index >= 15 is 0 Å². The Hall–Kier alpha value is -1.55. The zero-order valence-electron chi connectivity index (χ0n) is 10.5. The molecular weight excluding hydrogens is 216 g/mol. The van der Waals surface area contributed by atoms with Crippen molar-refractivity contribution in [1.82, 2.24) is 9.13 Å². The number of fused-ring (bicyclic) bond motifs is 1. The van der Waals surface area contributed by atoms with E-state index in [1.54, 1.807) is 23.2 Å². The van der Waals surface area contributed by atoms with E-state index in [1.807, 2.05) is 25.1 Å². The zero-order chi connectivity index (χ0) is 12.6. The molecule has 0 spiro atoms. The van der Waals surface area contributed by atoms with Crippen molar-refractivity contribution < 1.29 is 5.11 Å². The second-order valence-electron chi connectivity index (χ2n) is 4.45. The first-order chi connectivity index (χ1) is 8.06. The van der Waals surface area contributed by atoms with Crippen molar-refractivity contribution in [3.8, 4) is 0 Å². The van der Waals surface area contributed by atoms with E-state index in [4.69, 9.17) is 0 Å². The molecule has 0 saturated heterocycles. The van der Waals surface area contributed by atoms with Crippen LogP contribution >= 0.6 is 0 Å². The number of hydrogen-bond donors (Lipinski definition) is 1.